The lowest BCUT2D eigenvalue weighted by Gasteiger charge is -2.38. The SMILES string of the molecule is CCC1CCCCN1c1ccccc1CNCC(C)C. The summed E-state index contributed by atoms with van der Waals surface area (Å²) in [6.07, 6.45) is 5.34. The summed E-state index contributed by atoms with van der Waals surface area (Å²) in [5.74, 6) is 0.709. The summed E-state index contributed by atoms with van der Waals surface area (Å²) in [5, 5.41) is 3.59. The number of nitrogens with one attached hydrogen (secondary N) is 1. The Morgan fingerprint density at radius 2 is 2.05 bits per heavy atom. The van der Waals surface area contributed by atoms with Crippen LogP contribution in [0.1, 0.15) is 52.0 Å². The monoisotopic (exact) mass is 274 g/mol. The Hall–Kier alpha value is -1.02. The van der Waals surface area contributed by atoms with Crippen LogP contribution in [0, 0.1) is 5.92 Å². The Labute approximate surface area is 124 Å². The van der Waals surface area contributed by atoms with E-state index in [1.165, 1.54) is 43.5 Å². The van der Waals surface area contributed by atoms with Crippen molar-refractivity contribution in [1.82, 2.24) is 5.32 Å². The molecular weight excluding hydrogens is 244 g/mol. The molecule has 1 atom stereocenters. The van der Waals surface area contributed by atoms with Crippen molar-refractivity contribution in [3.63, 3.8) is 0 Å². The molecule has 1 heterocycles. The van der Waals surface area contributed by atoms with E-state index in [2.05, 4.69) is 55.3 Å². The molecule has 20 heavy (non-hydrogen) atoms. The molecule has 1 saturated heterocycles. The van der Waals surface area contributed by atoms with Crippen LogP contribution in [-0.2, 0) is 6.54 Å². The first-order chi connectivity index (χ1) is 9.72. The van der Waals surface area contributed by atoms with Crippen LogP contribution in [0.3, 0.4) is 0 Å². The first-order valence-corrected chi connectivity index (χ1v) is 8.27. The van der Waals surface area contributed by atoms with Gasteiger partial charge in [-0.05, 0) is 49.8 Å². The van der Waals surface area contributed by atoms with Crippen LogP contribution >= 0.6 is 0 Å². The molecule has 112 valence electrons. The van der Waals surface area contributed by atoms with Gasteiger partial charge in [0.2, 0.25) is 0 Å². The van der Waals surface area contributed by atoms with E-state index in [1.54, 1.807) is 0 Å². The molecule has 2 rings (SSSR count). The van der Waals surface area contributed by atoms with E-state index in [-0.39, 0.29) is 0 Å². The van der Waals surface area contributed by atoms with E-state index < -0.39 is 0 Å². The summed E-state index contributed by atoms with van der Waals surface area (Å²) in [7, 11) is 0. The second-order valence-electron chi connectivity index (χ2n) is 6.40. The van der Waals surface area contributed by atoms with Crippen LogP contribution in [0.4, 0.5) is 5.69 Å². The molecule has 1 N–H and O–H groups in total. The van der Waals surface area contributed by atoms with Gasteiger partial charge < -0.3 is 10.2 Å². The Bertz CT molecular complexity index is 400. The van der Waals surface area contributed by atoms with Crippen LogP contribution < -0.4 is 10.2 Å². The van der Waals surface area contributed by atoms with Crippen LogP contribution in [-0.4, -0.2) is 19.1 Å². The normalized spacial score (nSPS) is 19.6. The van der Waals surface area contributed by atoms with Crippen molar-refractivity contribution in [1.29, 1.82) is 0 Å². The molecule has 0 radical (unpaired) electrons. The van der Waals surface area contributed by atoms with Gasteiger partial charge in [0.1, 0.15) is 0 Å². The summed E-state index contributed by atoms with van der Waals surface area (Å²) >= 11 is 0. The van der Waals surface area contributed by atoms with Gasteiger partial charge in [0.15, 0.2) is 0 Å². The second-order valence-corrected chi connectivity index (χ2v) is 6.40. The molecule has 1 aromatic rings. The fourth-order valence-corrected chi connectivity index (χ4v) is 3.18. The van der Waals surface area contributed by atoms with Gasteiger partial charge in [-0.2, -0.15) is 0 Å². The Kier molecular flexibility index (Phi) is 5.90. The molecular formula is C18H30N2. The zero-order valence-corrected chi connectivity index (χ0v) is 13.4. The van der Waals surface area contributed by atoms with Gasteiger partial charge in [-0.3, -0.25) is 0 Å². The van der Waals surface area contributed by atoms with Crippen molar-refractivity contribution in [3.8, 4) is 0 Å². The van der Waals surface area contributed by atoms with Gasteiger partial charge >= 0.3 is 0 Å². The number of nitrogens with zero attached hydrogens (tertiary/aromatic N) is 1. The number of benzene rings is 1. The maximum absolute atomic E-state index is 3.59. The van der Waals surface area contributed by atoms with Gasteiger partial charge in [-0.1, -0.05) is 39.0 Å². The van der Waals surface area contributed by atoms with E-state index in [0.29, 0.717) is 5.92 Å². The lowest BCUT2D eigenvalue weighted by molar-refractivity contribution is 0.448. The summed E-state index contributed by atoms with van der Waals surface area (Å²) in [6.45, 7) is 10.1. The van der Waals surface area contributed by atoms with E-state index in [1.807, 2.05) is 0 Å². The molecule has 1 aliphatic rings. The van der Waals surface area contributed by atoms with Gasteiger partial charge in [-0.15, -0.1) is 0 Å². The number of rotatable bonds is 6. The molecule has 0 spiro atoms. The fourth-order valence-electron chi connectivity index (χ4n) is 3.18. The van der Waals surface area contributed by atoms with Crippen LogP contribution in [0.15, 0.2) is 24.3 Å². The van der Waals surface area contributed by atoms with Crippen LogP contribution in [0.2, 0.25) is 0 Å². The average molecular weight is 274 g/mol. The topological polar surface area (TPSA) is 15.3 Å². The summed E-state index contributed by atoms with van der Waals surface area (Å²) in [6, 6.07) is 9.67. The zero-order chi connectivity index (χ0) is 14.4. The van der Waals surface area contributed by atoms with Crippen molar-refractivity contribution in [3.05, 3.63) is 29.8 Å². The minimum absolute atomic E-state index is 0.709. The highest BCUT2D eigenvalue weighted by atomic mass is 15.2. The van der Waals surface area contributed by atoms with Gasteiger partial charge in [0.05, 0.1) is 0 Å². The number of anilines is 1. The lowest BCUT2D eigenvalue weighted by atomic mass is 9.98. The van der Waals surface area contributed by atoms with Gasteiger partial charge in [0.25, 0.3) is 0 Å². The molecule has 1 aromatic carbocycles. The zero-order valence-electron chi connectivity index (χ0n) is 13.4. The number of para-hydroxylation sites is 1. The third-order valence-electron chi connectivity index (χ3n) is 4.27. The molecule has 1 aliphatic heterocycles. The minimum atomic E-state index is 0.709. The van der Waals surface area contributed by atoms with Gasteiger partial charge in [-0.25, -0.2) is 0 Å². The second kappa shape index (κ2) is 7.68. The Morgan fingerprint density at radius 1 is 1.25 bits per heavy atom. The third-order valence-corrected chi connectivity index (χ3v) is 4.27. The first-order valence-electron chi connectivity index (χ1n) is 8.27. The standard InChI is InChI=1S/C18H30N2/c1-4-17-10-7-8-12-20(17)18-11-6-5-9-16(18)14-19-13-15(2)3/h5-6,9,11,15,17,19H,4,7-8,10,12-14H2,1-3H3. The molecule has 0 amide bonds. The highest BCUT2D eigenvalue weighted by Gasteiger charge is 2.22. The first kappa shape index (κ1) is 15.4. The molecule has 1 unspecified atom stereocenters. The summed E-state index contributed by atoms with van der Waals surface area (Å²) < 4.78 is 0. The lowest BCUT2D eigenvalue weighted by Crippen LogP contribution is -2.40. The quantitative estimate of drug-likeness (QED) is 0.836. The molecule has 0 bridgehead atoms. The van der Waals surface area contributed by atoms with Crippen molar-refractivity contribution in [2.45, 2.75) is 59.0 Å². The third kappa shape index (κ3) is 3.99. The van der Waals surface area contributed by atoms with Crippen molar-refractivity contribution >= 4 is 5.69 Å². The Morgan fingerprint density at radius 3 is 2.80 bits per heavy atom. The van der Waals surface area contributed by atoms with E-state index in [4.69, 9.17) is 0 Å². The molecule has 0 saturated carbocycles. The van der Waals surface area contributed by atoms with Crippen LogP contribution in [0.25, 0.3) is 0 Å². The molecule has 0 aromatic heterocycles. The maximum atomic E-state index is 3.59. The molecule has 2 heteroatoms. The smallest absolute Gasteiger partial charge is 0.0414 e. The molecule has 1 fully saturated rings. The minimum Gasteiger partial charge on any atom is -0.368 e. The van der Waals surface area contributed by atoms with Crippen molar-refractivity contribution in [2.75, 3.05) is 18.0 Å². The summed E-state index contributed by atoms with van der Waals surface area (Å²) in [5.41, 5.74) is 2.91. The van der Waals surface area contributed by atoms with Gasteiger partial charge in [0, 0.05) is 24.8 Å². The van der Waals surface area contributed by atoms with E-state index in [0.717, 1.165) is 19.1 Å². The maximum Gasteiger partial charge on any atom is 0.0414 e. The highest BCUT2D eigenvalue weighted by Crippen LogP contribution is 2.29. The summed E-state index contributed by atoms with van der Waals surface area (Å²) in [4.78, 5) is 2.65. The number of hydrogen-bond acceptors (Lipinski definition) is 2. The average Bonchev–Trinajstić information content (AvgIpc) is 2.47. The fraction of sp³-hybridized carbons (Fsp3) is 0.667. The predicted molar refractivity (Wildman–Crippen MR) is 88.3 cm³/mol. The number of piperidine rings is 1. The molecule has 2 nitrogen and oxygen atoms in total. The molecule has 0 aliphatic carbocycles. The van der Waals surface area contributed by atoms with Crippen molar-refractivity contribution in [2.24, 2.45) is 5.92 Å². The Balaban J connectivity index is 2.09. The van der Waals surface area contributed by atoms with E-state index in [9.17, 15) is 0 Å². The largest absolute Gasteiger partial charge is 0.368 e. The highest BCUT2D eigenvalue weighted by molar-refractivity contribution is 5.54. The van der Waals surface area contributed by atoms with Crippen molar-refractivity contribution < 1.29 is 0 Å². The van der Waals surface area contributed by atoms with E-state index >= 15 is 0 Å². The number of hydrogen-bond donors (Lipinski definition) is 1. The predicted octanol–water partition coefficient (Wildman–Crippen LogP) is 4.20. The van der Waals surface area contributed by atoms with Crippen LogP contribution in [0.5, 0.6) is 0 Å².